The van der Waals surface area contributed by atoms with Gasteiger partial charge in [0.1, 0.15) is 0 Å². The Balaban J connectivity index is 1.87. The summed E-state index contributed by atoms with van der Waals surface area (Å²) in [4.78, 5) is 35.9. The maximum Gasteiger partial charge on any atom is 0.329 e. The molecule has 0 aliphatic carbocycles. The average Bonchev–Trinajstić information content (AvgIpc) is 2.83. The summed E-state index contributed by atoms with van der Waals surface area (Å²) in [5, 5.41) is 9.56. The first-order chi connectivity index (χ1) is 17.2. The van der Waals surface area contributed by atoms with E-state index in [1.165, 1.54) is 13.3 Å². The van der Waals surface area contributed by atoms with Crippen molar-refractivity contribution in [3.63, 3.8) is 0 Å². The first-order valence-corrected chi connectivity index (χ1v) is 12.1. The van der Waals surface area contributed by atoms with Gasteiger partial charge in [0, 0.05) is 23.9 Å². The fourth-order valence-corrected chi connectivity index (χ4v) is 3.41. The molecule has 10 nitrogen and oxygen atoms in total. The largest absolute Gasteiger partial charge is 0.493 e. The second kappa shape index (κ2) is 15.1. The molecule has 2 rings (SSSR count). The summed E-state index contributed by atoms with van der Waals surface area (Å²) in [6, 6.07) is 9.93. The van der Waals surface area contributed by atoms with E-state index < -0.39 is 11.8 Å². The fraction of sp³-hybridized carbons (Fsp3) is 0.333. The van der Waals surface area contributed by atoms with Gasteiger partial charge in [-0.3, -0.25) is 14.4 Å². The van der Waals surface area contributed by atoms with Crippen molar-refractivity contribution in [1.29, 1.82) is 0 Å². The van der Waals surface area contributed by atoms with Gasteiger partial charge in [-0.15, -0.1) is 0 Å². The molecule has 3 N–H and O–H groups in total. The Morgan fingerprint density at radius 2 is 1.86 bits per heavy atom. The van der Waals surface area contributed by atoms with Gasteiger partial charge in [0.25, 0.3) is 5.91 Å². The van der Waals surface area contributed by atoms with Crippen molar-refractivity contribution in [2.75, 3.05) is 32.2 Å². The molecule has 0 bridgehead atoms. The van der Waals surface area contributed by atoms with E-state index in [2.05, 4.69) is 37.1 Å². The average molecular weight is 584 g/mol. The Morgan fingerprint density at radius 1 is 1.14 bits per heavy atom. The van der Waals surface area contributed by atoms with Gasteiger partial charge in [-0.1, -0.05) is 11.6 Å². The Hall–Kier alpha value is -3.15. The van der Waals surface area contributed by atoms with Crippen LogP contribution in [0.4, 0.5) is 5.69 Å². The van der Waals surface area contributed by atoms with E-state index in [1.54, 1.807) is 36.4 Å². The number of hydrogen-bond acceptors (Lipinski definition) is 7. The van der Waals surface area contributed by atoms with Gasteiger partial charge in [-0.05, 0) is 78.2 Å². The Kier molecular flexibility index (Phi) is 12.2. The lowest BCUT2D eigenvalue weighted by molar-refractivity contribution is -0.139. The molecule has 12 heteroatoms. The van der Waals surface area contributed by atoms with Crippen LogP contribution in [0.15, 0.2) is 46.0 Å². The molecule has 0 atom stereocenters. The number of rotatable bonds is 12. The molecule has 0 fully saturated rings. The van der Waals surface area contributed by atoms with Crippen LogP contribution in [0.25, 0.3) is 0 Å². The van der Waals surface area contributed by atoms with Crippen LogP contribution in [-0.4, -0.2) is 56.9 Å². The number of anilines is 1. The molecule has 194 valence electrons. The molecule has 0 aromatic heterocycles. The van der Waals surface area contributed by atoms with Crippen LogP contribution in [0.5, 0.6) is 11.5 Å². The van der Waals surface area contributed by atoms with E-state index in [4.69, 9.17) is 25.8 Å². The third kappa shape index (κ3) is 10.2. The molecule has 36 heavy (non-hydrogen) atoms. The summed E-state index contributed by atoms with van der Waals surface area (Å²) in [7, 11) is 1.45. The summed E-state index contributed by atoms with van der Waals surface area (Å²) < 4.78 is 16.8. The zero-order valence-corrected chi connectivity index (χ0v) is 22.4. The molecule has 0 aliphatic heterocycles. The zero-order chi connectivity index (χ0) is 26.5. The molecule has 0 spiro atoms. The number of hydrogen-bond donors (Lipinski definition) is 3. The lowest BCUT2D eigenvalue weighted by Crippen LogP contribution is -2.38. The number of carbonyl (C=O) groups excluding carboxylic acids is 3. The minimum Gasteiger partial charge on any atom is -0.493 e. The van der Waals surface area contributed by atoms with Crippen LogP contribution >= 0.6 is 27.5 Å². The molecule has 0 unspecified atom stereocenters. The highest BCUT2D eigenvalue weighted by Crippen LogP contribution is 2.36. The van der Waals surface area contributed by atoms with Crippen molar-refractivity contribution in [3.05, 3.63) is 51.5 Å². The molecule has 2 aromatic rings. The van der Waals surface area contributed by atoms with Crippen molar-refractivity contribution in [1.82, 2.24) is 10.7 Å². The summed E-state index contributed by atoms with van der Waals surface area (Å²) >= 11 is 9.22. The van der Waals surface area contributed by atoms with E-state index >= 15 is 0 Å². The fourth-order valence-electron chi connectivity index (χ4n) is 2.71. The molecule has 0 saturated heterocycles. The normalized spacial score (nSPS) is 10.8. The topological polar surface area (TPSA) is 127 Å². The van der Waals surface area contributed by atoms with Crippen LogP contribution in [0.2, 0.25) is 5.02 Å². The lowest BCUT2D eigenvalue weighted by Gasteiger charge is -2.13. The minimum atomic E-state index is -0.895. The first-order valence-electron chi connectivity index (χ1n) is 11.0. The summed E-state index contributed by atoms with van der Waals surface area (Å²) in [6.07, 6.45) is 2.04. The van der Waals surface area contributed by atoms with Gasteiger partial charge in [0.2, 0.25) is 0 Å². The highest BCUT2D eigenvalue weighted by molar-refractivity contribution is 9.10. The molecule has 3 amide bonds. The van der Waals surface area contributed by atoms with Crippen molar-refractivity contribution in [3.8, 4) is 11.5 Å². The summed E-state index contributed by atoms with van der Waals surface area (Å²) in [5.41, 5.74) is 3.30. The number of amides is 3. The van der Waals surface area contributed by atoms with Crippen LogP contribution < -0.4 is 25.5 Å². The van der Waals surface area contributed by atoms with Crippen LogP contribution in [-0.2, 0) is 19.1 Å². The molecule has 2 aromatic carbocycles. The highest BCUT2D eigenvalue weighted by Gasteiger charge is 2.14. The molecule has 0 aliphatic rings. The third-order valence-electron chi connectivity index (χ3n) is 4.37. The van der Waals surface area contributed by atoms with Crippen LogP contribution in [0.1, 0.15) is 25.8 Å². The van der Waals surface area contributed by atoms with Crippen molar-refractivity contribution >= 4 is 57.2 Å². The van der Waals surface area contributed by atoms with Crippen LogP contribution in [0, 0.1) is 0 Å². The van der Waals surface area contributed by atoms with Crippen molar-refractivity contribution in [2.24, 2.45) is 5.10 Å². The van der Waals surface area contributed by atoms with Gasteiger partial charge in [0.15, 0.2) is 18.1 Å². The second-order valence-corrected chi connectivity index (χ2v) is 8.90. The van der Waals surface area contributed by atoms with E-state index in [0.29, 0.717) is 51.8 Å². The molecular formula is C24H28BrClN4O6. The molecule has 0 saturated carbocycles. The molecule has 0 radical (unpaired) electrons. The summed E-state index contributed by atoms with van der Waals surface area (Å²) in [6.45, 7) is 4.37. The van der Waals surface area contributed by atoms with Gasteiger partial charge < -0.3 is 24.8 Å². The Labute approximate surface area is 222 Å². The Bertz CT molecular complexity index is 1080. The van der Waals surface area contributed by atoms with E-state index in [0.717, 1.165) is 0 Å². The highest BCUT2D eigenvalue weighted by atomic mass is 79.9. The summed E-state index contributed by atoms with van der Waals surface area (Å²) in [5.74, 6) is -1.42. The number of ether oxygens (including phenoxy) is 3. The Morgan fingerprint density at radius 3 is 2.53 bits per heavy atom. The molecular weight excluding hydrogens is 556 g/mol. The maximum absolute atomic E-state index is 12.2. The second-order valence-electron chi connectivity index (χ2n) is 7.61. The molecule has 0 heterocycles. The number of nitrogens with zero attached hydrogens (tertiary/aromatic N) is 1. The minimum absolute atomic E-state index is 0.109. The number of benzene rings is 2. The zero-order valence-electron chi connectivity index (χ0n) is 20.1. The van der Waals surface area contributed by atoms with Crippen LogP contribution in [0.3, 0.4) is 0 Å². The number of methoxy groups -OCH3 is 1. The lowest BCUT2D eigenvalue weighted by atomic mass is 10.2. The maximum atomic E-state index is 12.2. The van der Waals surface area contributed by atoms with E-state index in [-0.39, 0.29) is 18.6 Å². The third-order valence-corrected chi connectivity index (χ3v) is 5.21. The van der Waals surface area contributed by atoms with Crippen molar-refractivity contribution in [2.45, 2.75) is 26.4 Å². The monoisotopic (exact) mass is 582 g/mol. The van der Waals surface area contributed by atoms with Gasteiger partial charge in [0.05, 0.1) is 23.9 Å². The SMILES string of the molecule is COc1cc(/C=N\NC(=O)C(=O)NCCCOC(C)C)cc(Br)c1OCC(=O)Nc1ccc(Cl)cc1. The number of nitrogens with one attached hydrogen (secondary N) is 3. The predicted molar refractivity (Wildman–Crippen MR) is 141 cm³/mol. The predicted octanol–water partition coefficient (Wildman–Crippen LogP) is 3.51. The van der Waals surface area contributed by atoms with Crippen molar-refractivity contribution < 1.29 is 28.6 Å². The smallest absolute Gasteiger partial charge is 0.329 e. The van der Waals surface area contributed by atoms with Gasteiger partial charge in [-0.25, -0.2) is 5.43 Å². The number of halogens is 2. The standard InChI is InChI=1S/C24H28BrClN4O6/c1-15(2)35-10-4-9-27-23(32)24(33)30-28-13-16-11-19(25)22(20(12-16)34-3)36-14-21(31)29-18-7-5-17(26)6-8-18/h5-8,11-13,15H,4,9-10,14H2,1-3H3,(H,27,32)(H,29,31)(H,30,33)/b28-13-. The van der Waals surface area contributed by atoms with Gasteiger partial charge >= 0.3 is 11.8 Å². The van der Waals surface area contributed by atoms with E-state index in [9.17, 15) is 14.4 Å². The quantitative estimate of drug-likeness (QED) is 0.152. The van der Waals surface area contributed by atoms with Gasteiger partial charge in [-0.2, -0.15) is 5.10 Å². The first kappa shape index (κ1) is 29.1. The van der Waals surface area contributed by atoms with E-state index in [1.807, 2.05) is 13.8 Å². The number of hydrazone groups is 1. The number of carbonyl (C=O) groups is 3.